The van der Waals surface area contributed by atoms with Gasteiger partial charge in [0.25, 0.3) is 0 Å². The number of nitrogens with zero attached hydrogens (tertiary/aromatic N) is 3. The zero-order valence-electron chi connectivity index (χ0n) is 10.5. The summed E-state index contributed by atoms with van der Waals surface area (Å²) in [6.07, 6.45) is 3.00. The lowest BCUT2D eigenvalue weighted by Crippen LogP contribution is -2.28. The van der Waals surface area contributed by atoms with Crippen LogP contribution in [0.1, 0.15) is 25.1 Å². The first-order chi connectivity index (χ1) is 9.09. The van der Waals surface area contributed by atoms with Crippen molar-refractivity contribution < 1.29 is 15.0 Å². The van der Waals surface area contributed by atoms with Crippen molar-refractivity contribution in [1.82, 2.24) is 19.7 Å². The van der Waals surface area contributed by atoms with Crippen molar-refractivity contribution in [1.29, 1.82) is 0 Å². The third-order valence-electron chi connectivity index (χ3n) is 2.80. The number of imidazole rings is 1. The van der Waals surface area contributed by atoms with Crippen LogP contribution in [-0.2, 0) is 4.79 Å². The first kappa shape index (κ1) is 13.4. The van der Waals surface area contributed by atoms with Crippen LogP contribution in [0.4, 0.5) is 0 Å². The van der Waals surface area contributed by atoms with Gasteiger partial charge in [0.15, 0.2) is 0 Å². The summed E-state index contributed by atoms with van der Waals surface area (Å²) in [7, 11) is 0. The molecule has 2 rings (SSSR count). The summed E-state index contributed by atoms with van der Waals surface area (Å²) in [5.41, 5.74) is 0.471. The van der Waals surface area contributed by atoms with E-state index in [-0.39, 0.29) is 12.3 Å². The Hall–Kier alpha value is -1.99. The van der Waals surface area contributed by atoms with Crippen LogP contribution < -0.4 is 5.32 Å². The van der Waals surface area contributed by atoms with Gasteiger partial charge >= 0.3 is 0 Å². The van der Waals surface area contributed by atoms with E-state index in [2.05, 4.69) is 15.3 Å². The predicted octanol–water partition coefficient (Wildman–Crippen LogP) is -0.350. The second kappa shape index (κ2) is 5.77. The van der Waals surface area contributed by atoms with E-state index in [0.29, 0.717) is 18.0 Å². The van der Waals surface area contributed by atoms with E-state index >= 15 is 0 Å². The second-order valence-electron chi connectivity index (χ2n) is 4.26. The fraction of sp³-hybridized carbons (Fsp3) is 0.417. The van der Waals surface area contributed by atoms with E-state index < -0.39 is 12.2 Å². The maximum Gasteiger partial charge on any atom is 0.233 e. The van der Waals surface area contributed by atoms with Crippen LogP contribution in [0.25, 0.3) is 5.78 Å². The number of aromatic nitrogens is 3. The molecule has 0 fully saturated rings. The highest BCUT2D eigenvalue weighted by molar-refractivity contribution is 5.72. The van der Waals surface area contributed by atoms with E-state index in [1.54, 1.807) is 22.9 Å². The van der Waals surface area contributed by atoms with E-state index in [9.17, 15) is 15.0 Å². The van der Waals surface area contributed by atoms with Crippen LogP contribution >= 0.6 is 0 Å². The summed E-state index contributed by atoms with van der Waals surface area (Å²) < 4.78 is 1.62. The Morgan fingerprint density at radius 2 is 2.26 bits per heavy atom. The van der Waals surface area contributed by atoms with Crippen LogP contribution in [0.3, 0.4) is 0 Å². The molecule has 1 amide bonds. The molecule has 0 bridgehead atoms. The van der Waals surface area contributed by atoms with Crippen LogP contribution in [0.2, 0.25) is 0 Å². The average Bonchev–Trinajstić information content (AvgIpc) is 2.81. The summed E-state index contributed by atoms with van der Waals surface area (Å²) >= 11 is 0. The minimum atomic E-state index is -1.08. The molecule has 2 unspecified atom stereocenters. The third kappa shape index (κ3) is 3.07. The molecule has 2 atom stereocenters. The third-order valence-corrected chi connectivity index (χ3v) is 2.80. The fourth-order valence-electron chi connectivity index (χ4n) is 1.82. The van der Waals surface area contributed by atoms with E-state index in [0.717, 1.165) is 0 Å². The standard InChI is InChI=1S/C12H16N4O3/c1-8(17)13-5-3-10(18)11(19)9-7-15-12-14-4-2-6-16(9)12/h2,4,6-7,10-11,18-19H,3,5H2,1H3,(H,13,17). The molecule has 0 aliphatic carbocycles. The summed E-state index contributed by atoms with van der Waals surface area (Å²) in [6, 6.07) is 1.72. The maximum atomic E-state index is 10.7. The molecule has 2 aromatic heterocycles. The maximum absolute atomic E-state index is 10.7. The number of carbonyl (C=O) groups excluding carboxylic acids is 1. The number of hydrogen-bond donors (Lipinski definition) is 3. The van der Waals surface area contributed by atoms with Crippen molar-refractivity contribution in [3.63, 3.8) is 0 Å². The number of fused-ring (bicyclic) bond motifs is 1. The molecule has 7 nitrogen and oxygen atoms in total. The quantitative estimate of drug-likeness (QED) is 0.685. The average molecular weight is 264 g/mol. The van der Waals surface area contributed by atoms with Gasteiger partial charge in [-0.1, -0.05) is 0 Å². The number of nitrogens with one attached hydrogen (secondary N) is 1. The summed E-state index contributed by atoms with van der Waals surface area (Å²) in [4.78, 5) is 18.8. The number of amides is 1. The lowest BCUT2D eigenvalue weighted by Gasteiger charge is -2.17. The second-order valence-corrected chi connectivity index (χ2v) is 4.26. The van der Waals surface area contributed by atoms with Crippen molar-refractivity contribution in [2.75, 3.05) is 6.54 Å². The highest BCUT2D eigenvalue weighted by atomic mass is 16.3. The number of carbonyl (C=O) groups is 1. The molecule has 19 heavy (non-hydrogen) atoms. The lowest BCUT2D eigenvalue weighted by atomic mass is 10.1. The smallest absolute Gasteiger partial charge is 0.233 e. The van der Waals surface area contributed by atoms with Crippen molar-refractivity contribution in [3.05, 3.63) is 30.4 Å². The molecule has 0 radical (unpaired) electrons. The van der Waals surface area contributed by atoms with Crippen LogP contribution in [0.15, 0.2) is 24.7 Å². The molecule has 2 heterocycles. The Labute approximate surface area is 109 Å². The molecule has 0 saturated carbocycles. The monoisotopic (exact) mass is 264 g/mol. The van der Waals surface area contributed by atoms with Gasteiger partial charge in [0.05, 0.1) is 18.0 Å². The number of hydrogen-bond acceptors (Lipinski definition) is 5. The largest absolute Gasteiger partial charge is 0.390 e. The van der Waals surface area contributed by atoms with Crippen LogP contribution in [0, 0.1) is 0 Å². The van der Waals surface area contributed by atoms with Gasteiger partial charge in [0.1, 0.15) is 6.10 Å². The number of aliphatic hydroxyl groups excluding tert-OH is 2. The SMILES string of the molecule is CC(=O)NCCC(O)C(O)c1cnc2ncccn12. The normalized spacial score (nSPS) is 14.3. The minimum Gasteiger partial charge on any atom is -0.390 e. The van der Waals surface area contributed by atoms with E-state index in [4.69, 9.17) is 0 Å². The first-order valence-corrected chi connectivity index (χ1v) is 5.98. The Kier molecular flexibility index (Phi) is 4.08. The van der Waals surface area contributed by atoms with Gasteiger partial charge < -0.3 is 15.5 Å². The zero-order valence-corrected chi connectivity index (χ0v) is 10.5. The highest BCUT2D eigenvalue weighted by Gasteiger charge is 2.21. The van der Waals surface area contributed by atoms with Crippen LogP contribution in [-0.4, -0.2) is 43.1 Å². The van der Waals surface area contributed by atoms with Crippen molar-refractivity contribution >= 4 is 11.7 Å². The van der Waals surface area contributed by atoms with Crippen LogP contribution in [0.5, 0.6) is 0 Å². The van der Waals surface area contributed by atoms with Gasteiger partial charge in [0, 0.05) is 25.9 Å². The van der Waals surface area contributed by atoms with Gasteiger partial charge in [-0.2, -0.15) is 0 Å². The molecule has 0 spiro atoms. The molecule has 7 heteroatoms. The van der Waals surface area contributed by atoms with Crippen molar-refractivity contribution in [2.24, 2.45) is 0 Å². The topological polar surface area (TPSA) is 99.8 Å². The molecule has 2 aromatic rings. The summed E-state index contributed by atoms with van der Waals surface area (Å²) in [6.45, 7) is 1.71. The molecule has 0 aliphatic heterocycles. The molecular weight excluding hydrogens is 248 g/mol. The fourth-order valence-corrected chi connectivity index (χ4v) is 1.82. The Morgan fingerprint density at radius 1 is 1.47 bits per heavy atom. The van der Waals surface area contributed by atoms with Gasteiger partial charge in [-0.15, -0.1) is 0 Å². The van der Waals surface area contributed by atoms with Crippen molar-refractivity contribution in [3.8, 4) is 0 Å². The Bertz CT molecular complexity index is 569. The Balaban J connectivity index is 2.06. The minimum absolute atomic E-state index is 0.166. The molecule has 0 aromatic carbocycles. The van der Waals surface area contributed by atoms with E-state index in [1.807, 2.05) is 0 Å². The number of rotatable bonds is 5. The molecule has 0 saturated heterocycles. The summed E-state index contributed by atoms with van der Waals surface area (Å²) in [5.74, 6) is 0.298. The Morgan fingerprint density at radius 3 is 3.00 bits per heavy atom. The summed E-state index contributed by atoms with van der Waals surface area (Å²) in [5, 5.41) is 22.6. The van der Waals surface area contributed by atoms with E-state index in [1.165, 1.54) is 13.1 Å². The molecule has 3 N–H and O–H groups in total. The molecule has 0 aliphatic rings. The predicted molar refractivity (Wildman–Crippen MR) is 67.3 cm³/mol. The first-order valence-electron chi connectivity index (χ1n) is 5.98. The van der Waals surface area contributed by atoms with Gasteiger partial charge in [-0.05, 0) is 12.5 Å². The highest BCUT2D eigenvalue weighted by Crippen LogP contribution is 2.19. The number of aliphatic hydroxyl groups is 2. The van der Waals surface area contributed by atoms with Gasteiger partial charge in [-0.3, -0.25) is 9.20 Å². The zero-order chi connectivity index (χ0) is 13.8. The van der Waals surface area contributed by atoms with Gasteiger partial charge in [0.2, 0.25) is 11.7 Å². The molecule has 102 valence electrons. The van der Waals surface area contributed by atoms with Crippen molar-refractivity contribution in [2.45, 2.75) is 25.6 Å². The molecular formula is C12H16N4O3. The lowest BCUT2D eigenvalue weighted by molar-refractivity contribution is -0.119. The van der Waals surface area contributed by atoms with Gasteiger partial charge in [-0.25, -0.2) is 9.97 Å².